The smallest absolute Gasteiger partial charge is 0.255 e. The minimum atomic E-state index is 0.00921. The third-order valence-electron chi connectivity index (χ3n) is 2.26. The highest BCUT2D eigenvalue weighted by Gasteiger charge is 1.97. The van der Waals surface area contributed by atoms with Crippen LogP contribution in [0.2, 0.25) is 0 Å². The van der Waals surface area contributed by atoms with Crippen molar-refractivity contribution in [2.75, 3.05) is 0 Å². The van der Waals surface area contributed by atoms with Crippen molar-refractivity contribution in [3.05, 3.63) is 45.2 Å². The molecule has 0 aromatic carbocycles. The minimum absolute atomic E-state index is 0.00921. The SMILES string of the molecule is CC.CC1=c2c(cc[nH]c2=O)=CC=CC1. The van der Waals surface area contributed by atoms with Gasteiger partial charge in [0.1, 0.15) is 0 Å². The summed E-state index contributed by atoms with van der Waals surface area (Å²) in [5, 5.41) is 1.84. The van der Waals surface area contributed by atoms with Crippen LogP contribution in [0.3, 0.4) is 0 Å². The van der Waals surface area contributed by atoms with Gasteiger partial charge in [-0.3, -0.25) is 4.79 Å². The Morgan fingerprint density at radius 3 is 2.80 bits per heavy atom. The van der Waals surface area contributed by atoms with Crippen molar-refractivity contribution < 1.29 is 0 Å². The van der Waals surface area contributed by atoms with E-state index in [0.29, 0.717) is 0 Å². The van der Waals surface area contributed by atoms with E-state index in [0.717, 1.165) is 22.4 Å². The monoisotopic (exact) mass is 203 g/mol. The summed E-state index contributed by atoms with van der Waals surface area (Å²) in [6.45, 7) is 6.00. The average molecular weight is 203 g/mol. The molecule has 0 amide bonds. The lowest BCUT2D eigenvalue weighted by atomic mass is 10.1. The van der Waals surface area contributed by atoms with E-state index in [4.69, 9.17) is 0 Å². The molecule has 15 heavy (non-hydrogen) atoms. The zero-order chi connectivity index (χ0) is 11.3. The van der Waals surface area contributed by atoms with E-state index in [-0.39, 0.29) is 5.56 Å². The molecule has 0 fully saturated rings. The van der Waals surface area contributed by atoms with E-state index in [2.05, 4.69) is 11.1 Å². The number of aromatic nitrogens is 1. The first-order valence-electron chi connectivity index (χ1n) is 5.33. The van der Waals surface area contributed by atoms with Gasteiger partial charge in [0, 0.05) is 11.4 Å². The van der Waals surface area contributed by atoms with E-state index in [1.54, 1.807) is 6.20 Å². The van der Waals surface area contributed by atoms with Gasteiger partial charge >= 0.3 is 0 Å². The average Bonchev–Trinajstić information content (AvgIpc) is 2.45. The summed E-state index contributed by atoms with van der Waals surface area (Å²) in [6.07, 6.45) is 8.57. The number of aromatic amines is 1. The topological polar surface area (TPSA) is 32.9 Å². The van der Waals surface area contributed by atoms with Crippen LogP contribution in [0.5, 0.6) is 0 Å². The van der Waals surface area contributed by atoms with Gasteiger partial charge in [0.05, 0.1) is 0 Å². The highest BCUT2D eigenvalue weighted by molar-refractivity contribution is 5.51. The Kier molecular flexibility index (Phi) is 4.10. The molecule has 1 aromatic rings. The van der Waals surface area contributed by atoms with Crippen LogP contribution in [0.15, 0.2) is 29.2 Å². The largest absolute Gasteiger partial charge is 0.329 e. The van der Waals surface area contributed by atoms with E-state index in [9.17, 15) is 4.79 Å². The second kappa shape index (κ2) is 5.35. The van der Waals surface area contributed by atoms with Gasteiger partial charge in [0.25, 0.3) is 5.56 Å². The summed E-state index contributed by atoms with van der Waals surface area (Å²) in [5.41, 5.74) is 1.14. The number of hydrogen-bond donors (Lipinski definition) is 1. The molecule has 0 atom stereocenters. The molecule has 2 rings (SSSR count). The van der Waals surface area contributed by atoms with Crippen molar-refractivity contribution in [2.24, 2.45) is 0 Å². The summed E-state index contributed by atoms with van der Waals surface area (Å²) in [7, 11) is 0. The Labute approximate surface area is 89.7 Å². The number of allylic oxidation sites excluding steroid dienone is 2. The van der Waals surface area contributed by atoms with Crippen LogP contribution >= 0.6 is 0 Å². The summed E-state index contributed by atoms with van der Waals surface area (Å²) in [6, 6.07) is 1.93. The maximum atomic E-state index is 11.5. The number of nitrogens with one attached hydrogen (secondary N) is 1. The molecule has 1 aliphatic rings. The van der Waals surface area contributed by atoms with Crippen LogP contribution in [0.4, 0.5) is 0 Å². The number of rotatable bonds is 0. The molecule has 2 heteroatoms. The number of hydrogen-bond acceptors (Lipinski definition) is 1. The summed E-state index contributed by atoms with van der Waals surface area (Å²) in [5.74, 6) is 0. The minimum Gasteiger partial charge on any atom is -0.329 e. The summed E-state index contributed by atoms with van der Waals surface area (Å²) < 4.78 is 0. The number of H-pyrrole nitrogens is 1. The van der Waals surface area contributed by atoms with Crippen LogP contribution in [0.25, 0.3) is 11.6 Å². The quantitative estimate of drug-likeness (QED) is 0.677. The molecule has 0 aliphatic heterocycles. The van der Waals surface area contributed by atoms with E-state index < -0.39 is 0 Å². The molecule has 0 radical (unpaired) electrons. The van der Waals surface area contributed by atoms with Crippen molar-refractivity contribution in [1.29, 1.82) is 0 Å². The zero-order valence-corrected chi connectivity index (χ0v) is 9.50. The molecule has 0 spiro atoms. The molecule has 1 aliphatic carbocycles. The number of fused-ring (bicyclic) bond motifs is 1. The fourth-order valence-corrected chi connectivity index (χ4v) is 1.59. The second-order valence-electron chi connectivity index (χ2n) is 3.22. The Hall–Kier alpha value is -1.57. The van der Waals surface area contributed by atoms with Crippen LogP contribution in [-0.2, 0) is 0 Å². The predicted molar refractivity (Wildman–Crippen MR) is 65.0 cm³/mol. The number of pyridine rings is 1. The van der Waals surface area contributed by atoms with Gasteiger partial charge in [0.2, 0.25) is 0 Å². The highest BCUT2D eigenvalue weighted by atomic mass is 16.1. The molecular formula is C13H17NO. The third-order valence-corrected chi connectivity index (χ3v) is 2.26. The molecule has 0 saturated carbocycles. The lowest BCUT2D eigenvalue weighted by molar-refractivity contribution is 1.16. The first-order valence-corrected chi connectivity index (χ1v) is 5.33. The summed E-state index contributed by atoms with van der Waals surface area (Å²) >= 11 is 0. The molecule has 2 nitrogen and oxygen atoms in total. The van der Waals surface area contributed by atoms with Gasteiger partial charge in [-0.25, -0.2) is 0 Å². The third kappa shape index (κ3) is 2.46. The van der Waals surface area contributed by atoms with E-state index in [1.807, 2.05) is 39.0 Å². The molecular weight excluding hydrogens is 186 g/mol. The fourth-order valence-electron chi connectivity index (χ4n) is 1.59. The predicted octanol–water partition coefficient (Wildman–Crippen LogP) is 1.31. The maximum absolute atomic E-state index is 11.5. The van der Waals surface area contributed by atoms with Gasteiger partial charge in [-0.2, -0.15) is 0 Å². The molecule has 0 unspecified atom stereocenters. The van der Waals surface area contributed by atoms with Gasteiger partial charge < -0.3 is 4.98 Å². The normalized spacial score (nSPS) is 13.1. The molecule has 80 valence electrons. The van der Waals surface area contributed by atoms with Gasteiger partial charge in [-0.1, -0.05) is 37.6 Å². The summed E-state index contributed by atoms with van der Waals surface area (Å²) in [4.78, 5) is 14.2. The van der Waals surface area contributed by atoms with Gasteiger partial charge in [-0.05, 0) is 24.6 Å². The molecule has 1 N–H and O–H groups in total. The lowest BCUT2D eigenvalue weighted by Crippen LogP contribution is -2.41. The van der Waals surface area contributed by atoms with Crippen LogP contribution in [-0.4, -0.2) is 4.98 Å². The van der Waals surface area contributed by atoms with Crippen molar-refractivity contribution in [3.8, 4) is 0 Å². The standard InChI is InChI=1S/C11H11NO.C2H6/c1-8-4-2-3-5-9-6-7-12-11(13)10(8)9;1-2/h2-3,5-7H,4H2,1H3,(H,12,13);1-2H3. The zero-order valence-electron chi connectivity index (χ0n) is 9.50. The van der Waals surface area contributed by atoms with Crippen LogP contribution < -0.4 is 16.0 Å². The molecule has 1 aromatic heterocycles. The Balaban J connectivity index is 0.000000531. The van der Waals surface area contributed by atoms with Crippen molar-refractivity contribution in [1.82, 2.24) is 4.98 Å². The second-order valence-corrected chi connectivity index (χ2v) is 3.22. The van der Waals surface area contributed by atoms with E-state index >= 15 is 0 Å². The van der Waals surface area contributed by atoms with Crippen molar-refractivity contribution in [3.63, 3.8) is 0 Å². The van der Waals surface area contributed by atoms with Crippen LogP contribution in [0.1, 0.15) is 27.2 Å². The molecule has 1 heterocycles. The Bertz CT molecular complexity index is 520. The first kappa shape index (κ1) is 11.5. The molecule has 0 saturated heterocycles. The maximum Gasteiger partial charge on any atom is 0.255 e. The highest BCUT2D eigenvalue weighted by Crippen LogP contribution is 1.99. The van der Waals surface area contributed by atoms with E-state index in [1.165, 1.54) is 0 Å². The lowest BCUT2D eigenvalue weighted by Gasteiger charge is -1.93. The van der Waals surface area contributed by atoms with Crippen molar-refractivity contribution >= 4 is 11.6 Å². The first-order chi connectivity index (χ1) is 7.29. The van der Waals surface area contributed by atoms with Crippen LogP contribution in [0, 0.1) is 0 Å². The van der Waals surface area contributed by atoms with Gasteiger partial charge in [0.15, 0.2) is 0 Å². The Morgan fingerprint density at radius 1 is 1.33 bits per heavy atom. The fraction of sp³-hybridized carbons (Fsp3) is 0.308. The van der Waals surface area contributed by atoms with Crippen molar-refractivity contribution in [2.45, 2.75) is 27.2 Å². The Morgan fingerprint density at radius 2 is 2.07 bits per heavy atom. The van der Waals surface area contributed by atoms with Gasteiger partial charge in [-0.15, -0.1) is 0 Å². The molecule has 0 bridgehead atoms.